The maximum Gasteiger partial charge on any atom is 0.350 e. The highest BCUT2D eigenvalue weighted by atomic mass is 35.5. The molecule has 2 heterocycles. The van der Waals surface area contributed by atoms with Gasteiger partial charge in [-0.3, -0.25) is 14.5 Å². The molecule has 0 spiro atoms. The molecule has 180 valence electrons. The summed E-state index contributed by atoms with van der Waals surface area (Å²) in [6.07, 6.45) is 0. The van der Waals surface area contributed by atoms with Crippen LogP contribution in [0.15, 0.2) is 54.1 Å². The molecule has 10 heteroatoms. The number of esters is 1. The van der Waals surface area contributed by atoms with Crippen molar-refractivity contribution < 1.29 is 29.0 Å². The van der Waals surface area contributed by atoms with E-state index in [4.69, 9.17) is 21.1 Å². The zero-order chi connectivity index (χ0) is 25.3. The summed E-state index contributed by atoms with van der Waals surface area (Å²) in [4.78, 5) is 44.7. The molecular formula is C25H21ClN2O6S. The Hall–Kier alpha value is -3.69. The summed E-state index contributed by atoms with van der Waals surface area (Å²) in [5.74, 6) is -2.20. The minimum Gasteiger partial charge on any atom is -0.507 e. The highest BCUT2D eigenvalue weighted by Crippen LogP contribution is 2.44. The number of aliphatic hydroxyl groups is 1. The number of methoxy groups -OCH3 is 1. The number of aryl methyl sites for hydroxylation is 1. The lowest BCUT2D eigenvalue weighted by atomic mass is 9.95. The van der Waals surface area contributed by atoms with E-state index >= 15 is 0 Å². The van der Waals surface area contributed by atoms with Crippen LogP contribution in [0.5, 0.6) is 5.75 Å². The van der Waals surface area contributed by atoms with Crippen molar-refractivity contribution in [1.82, 2.24) is 4.98 Å². The van der Waals surface area contributed by atoms with Crippen molar-refractivity contribution in [3.63, 3.8) is 0 Å². The fourth-order valence-corrected chi connectivity index (χ4v) is 4.90. The number of ketones is 1. The minimum atomic E-state index is -1.00. The van der Waals surface area contributed by atoms with Crippen LogP contribution in [0.25, 0.3) is 5.76 Å². The third kappa shape index (κ3) is 4.52. The molecule has 8 nitrogen and oxygen atoms in total. The van der Waals surface area contributed by atoms with Crippen LogP contribution in [0, 0.1) is 6.92 Å². The first kappa shape index (κ1) is 24.4. The van der Waals surface area contributed by atoms with E-state index in [9.17, 15) is 19.5 Å². The Morgan fingerprint density at radius 2 is 1.91 bits per heavy atom. The lowest BCUT2D eigenvalue weighted by Gasteiger charge is -2.23. The predicted molar refractivity (Wildman–Crippen MR) is 132 cm³/mol. The average Bonchev–Trinajstić information content (AvgIpc) is 3.36. The molecule has 1 aliphatic heterocycles. The van der Waals surface area contributed by atoms with Gasteiger partial charge in [0.2, 0.25) is 0 Å². The molecule has 1 atom stereocenters. The van der Waals surface area contributed by atoms with Crippen molar-refractivity contribution in [1.29, 1.82) is 0 Å². The van der Waals surface area contributed by atoms with Crippen LogP contribution in [0.3, 0.4) is 0 Å². The molecule has 3 aromatic rings. The second-order valence-corrected chi connectivity index (χ2v) is 9.00. The van der Waals surface area contributed by atoms with Crippen LogP contribution in [0.1, 0.15) is 39.5 Å². The first-order valence-electron chi connectivity index (χ1n) is 10.6. The highest BCUT2D eigenvalue weighted by molar-refractivity contribution is 7.17. The number of hydrogen-bond donors (Lipinski definition) is 1. The Kier molecular flexibility index (Phi) is 6.90. The average molecular weight is 513 g/mol. The number of aliphatic hydroxyl groups excluding tert-OH is 1. The zero-order valence-electron chi connectivity index (χ0n) is 19.1. The summed E-state index contributed by atoms with van der Waals surface area (Å²) >= 11 is 7.01. The summed E-state index contributed by atoms with van der Waals surface area (Å²) in [5, 5.41) is 11.8. The molecule has 0 bridgehead atoms. The molecule has 0 aliphatic carbocycles. The zero-order valence-corrected chi connectivity index (χ0v) is 20.6. The van der Waals surface area contributed by atoms with Gasteiger partial charge in [-0.1, -0.05) is 47.2 Å². The van der Waals surface area contributed by atoms with Gasteiger partial charge in [-0.25, -0.2) is 9.78 Å². The molecule has 1 amide bonds. The van der Waals surface area contributed by atoms with E-state index in [1.54, 1.807) is 62.4 Å². The van der Waals surface area contributed by atoms with E-state index in [1.807, 2.05) is 0 Å². The number of Topliss-reactive ketones (excluding diaryl/α,β-unsaturated/α-hetero) is 1. The number of rotatable bonds is 6. The van der Waals surface area contributed by atoms with Gasteiger partial charge in [0.15, 0.2) is 5.13 Å². The van der Waals surface area contributed by atoms with E-state index in [2.05, 4.69) is 4.98 Å². The van der Waals surface area contributed by atoms with Gasteiger partial charge in [-0.15, -0.1) is 0 Å². The molecule has 35 heavy (non-hydrogen) atoms. The van der Waals surface area contributed by atoms with E-state index in [1.165, 1.54) is 12.0 Å². The van der Waals surface area contributed by atoms with Crippen molar-refractivity contribution in [2.24, 2.45) is 0 Å². The molecule has 1 N–H and O–H groups in total. The van der Waals surface area contributed by atoms with Crippen LogP contribution in [-0.4, -0.2) is 41.5 Å². The Bertz CT molecular complexity index is 1350. The van der Waals surface area contributed by atoms with Crippen LogP contribution < -0.4 is 9.64 Å². The van der Waals surface area contributed by atoms with E-state index < -0.39 is 23.7 Å². The topological polar surface area (TPSA) is 106 Å². The molecule has 4 rings (SSSR count). The van der Waals surface area contributed by atoms with Crippen LogP contribution in [-0.2, 0) is 14.3 Å². The number of carbonyl (C=O) groups is 3. The summed E-state index contributed by atoms with van der Waals surface area (Å²) in [5.41, 5.74) is 1.09. The van der Waals surface area contributed by atoms with Crippen LogP contribution >= 0.6 is 22.9 Å². The molecule has 1 saturated heterocycles. The Morgan fingerprint density at radius 1 is 1.20 bits per heavy atom. The summed E-state index contributed by atoms with van der Waals surface area (Å²) in [7, 11) is 1.48. The predicted octanol–water partition coefficient (Wildman–Crippen LogP) is 4.92. The smallest absolute Gasteiger partial charge is 0.350 e. The number of carbonyl (C=O) groups excluding carboxylic acids is 3. The quantitative estimate of drug-likeness (QED) is 0.216. The maximum absolute atomic E-state index is 13.3. The van der Waals surface area contributed by atoms with Crippen molar-refractivity contribution >= 4 is 51.5 Å². The van der Waals surface area contributed by atoms with Crippen molar-refractivity contribution in [3.05, 3.63) is 80.8 Å². The maximum atomic E-state index is 13.3. The number of hydrogen-bond acceptors (Lipinski definition) is 8. The van der Waals surface area contributed by atoms with Gasteiger partial charge in [0.05, 0.1) is 31.0 Å². The first-order valence-corrected chi connectivity index (χ1v) is 11.8. The molecule has 1 aliphatic rings. The molecule has 1 aromatic heterocycles. The minimum absolute atomic E-state index is 0.115. The number of halogens is 1. The van der Waals surface area contributed by atoms with Crippen LogP contribution in [0.4, 0.5) is 5.13 Å². The highest BCUT2D eigenvalue weighted by Gasteiger charge is 2.48. The first-order chi connectivity index (χ1) is 16.8. The molecule has 0 radical (unpaired) electrons. The second-order valence-electron chi connectivity index (χ2n) is 7.58. The van der Waals surface area contributed by atoms with Gasteiger partial charge in [-0.05, 0) is 43.7 Å². The normalized spacial score (nSPS) is 17.0. The van der Waals surface area contributed by atoms with Crippen molar-refractivity contribution in [2.45, 2.75) is 19.9 Å². The third-order valence-corrected chi connectivity index (χ3v) is 6.81. The summed E-state index contributed by atoms with van der Waals surface area (Å²) in [6.45, 7) is 3.49. The van der Waals surface area contributed by atoms with E-state index in [-0.39, 0.29) is 27.9 Å². The Labute approximate surface area is 210 Å². The summed E-state index contributed by atoms with van der Waals surface area (Å²) < 4.78 is 10.3. The number of nitrogens with zero attached hydrogens (tertiary/aromatic N) is 2. The summed E-state index contributed by atoms with van der Waals surface area (Å²) in [6, 6.07) is 12.1. The Morgan fingerprint density at radius 3 is 2.57 bits per heavy atom. The SMILES string of the molecule is CCOC(=O)c1sc(N2C(=O)C(=O)C(=C(O)c3cccc(OC)c3)C2c2ccc(Cl)cc2)nc1C. The lowest BCUT2D eigenvalue weighted by molar-refractivity contribution is -0.132. The fourth-order valence-electron chi connectivity index (χ4n) is 3.79. The number of thiazole rings is 1. The molecule has 0 saturated carbocycles. The van der Waals surface area contributed by atoms with Gasteiger partial charge >= 0.3 is 11.9 Å². The van der Waals surface area contributed by atoms with Gasteiger partial charge in [0.25, 0.3) is 5.78 Å². The molecule has 1 unspecified atom stereocenters. The monoisotopic (exact) mass is 512 g/mol. The number of benzene rings is 2. The van der Waals surface area contributed by atoms with Crippen molar-refractivity contribution in [2.75, 3.05) is 18.6 Å². The number of aromatic nitrogens is 1. The molecule has 2 aromatic carbocycles. The molecule has 1 fully saturated rings. The van der Waals surface area contributed by atoms with Crippen LogP contribution in [0.2, 0.25) is 5.02 Å². The van der Waals surface area contributed by atoms with Gasteiger partial charge < -0.3 is 14.6 Å². The third-order valence-electron chi connectivity index (χ3n) is 5.43. The Balaban J connectivity index is 1.91. The number of amides is 1. The van der Waals surface area contributed by atoms with E-state index in [0.29, 0.717) is 27.6 Å². The number of ether oxygens (including phenoxy) is 2. The second kappa shape index (κ2) is 9.89. The standard InChI is InChI=1S/C25H21ClN2O6S/c1-4-34-24(32)22-13(2)27-25(35-22)28-19(14-8-10-16(26)11-9-14)18(21(30)23(28)31)20(29)15-6-5-7-17(12-15)33-3/h5-12,19,29H,4H2,1-3H3. The van der Waals surface area contributed by atoms with Gasteiger partial charge in [0.1, 0.15) is 16.4 Å². The van der Waals surface area contributed by atoms with Crippen molar-refractivity contribution in [3.8, 4) is 5.75 Å². The fraction of sp³-hybridized carbons (Fsp3) is 0.200. The molecular weight excluding hydrogens is 492 g/mol. The lowest BCUT2D eigenvalue weighted by Crippen LogP contribution is -2.29. The number of anilines is 1. The largest absolute Gasteiger partial charge is 0.507 e. The van der Waals surface area contributed by atoms with Gasteiger partial charge in [-0.2, -0.15) is 0 Å². The van der Waals surface area contributed by atoms with Gasteiger partial charge in [0, 0.05) is 10.6 Å². The van der Waals surface area contributed by atoms with E-state index in [0.717, 1.165) is 11.3 Å².